The number of nitrogens with zero attached hydrogens (tertiary/aromatic N) is 1. The van der Waals surface area contributed by atoms with Crippen molar-refractivity contribution in [2.24, 2.45) is 5.73 Å². The highest BCUT2D eigenvalue weighted by Gasteiger charge is 2.23. The Balaban J connectivity index is 2.25. The van der Waals surface area contributed by atoms with Crippen molar-refractivity contribution in [2.75, 3.05) is 23.5 Å². The molecular formula is C15H23FN2S. The molecule has 1 aliphatic rings. The van der Waals surface area contributed by atoms with Crippen molar-refractivity contribution in [2.45, 2.75) is 38.3 Å². The maximum atomic E-state index is 14.1. The van der Waals surface area contributed by atoms with Crippen LogP contribution in [0.3, 0.4) is 0 Å². The lowest BCUT2D eigenvalue weighted by Gasteiger charge is -2.29. The van der Waals surface area contributed by atoms with Gasteiger partial charge in [0.15, 0.2) is 0 Å². The molecular weight excluding hydrogens is 259 g/mol. The van der Waals surface area contributed by atoms with Crippen molar-refractivity contribution >= 4 is 17.4 Å². The number of anilines is 1. The molecule has 0 aliphatic carbocycles. The summed E-state index contributed by atoms with van der Waals surface area (Å²) in [7, 11) is 2.08. The summed E-state index contributed by atoms with van der Waals surface area (Å²) < 4.78 is 14.1. The zero-order valence-corrected chi connectivity index (χ0v) is 12.5. The zero-order valence-electron chi connectivity index (χ0n) is 11.7. The molecule has 2 unspecified atom stereocenters. The van der Waals surface area contributed by atoms with E-state index >= 15 is 0 Å². The third-order valence-corrected chi connectivity index (χ3v) is 5.06. The van der Waals surface area contributed by atoms with E-state index in [4.69, 9.17) is 5.73 Å². The third kappa shape index (κ3) is 3.42. The first-order valence-corrected chi connectivity index (χ1v) is 8.12. The summed E-state index contributed by atoms with van der Waals surface area (Å²) in [5.74, 6) is 2.21. The topological polar surface area (TPSA) is 29.3 Å². The quantitative estimate of drug-likeness (QED) is 0.900. The van der Waals surface area contributed by atoms with Gasteiger partial charge in [0, 0.05) is 36.1 Å². The summed E-state index contributed by atoms with van der Waals surface area (Å²) in [6, 6.07) is 5.90. The van der Waals surface area contributed by atoms with Crippen molar-refractivity contribution < 1.29 is 4.39 Å². The van der Waals surface area contributed by atoms with Crippen LogP contribution in [0.15, 0.2) is 18.2 Å². The lowest BCUT2D eigenvalue weighted by molar-refractivity contribution is 0.575. The Morgan fingerprint density at radius 1 is 1.53 bits per heavy atom. The molecule has 106 valence electrons. The molecule has 2 rings (SSSR count). The first kappa shape index (κ1) is 14.7. The van der Waals surface area contributed by atoms with Gasteiger partial charge < -0.3 is 10.6 Å². The lowest BCUT2D eigenvalue weighted by Crippen LogP contribution is -2.33. The minimum absolute atomic E-state index is 0.0296. The van der Waals surface area contributed by atoms with Crippen molar-refractivity contribution in [3.05, 3.63) is 29.6 Å². The van der Waals surface area contributed by atoms with E-state index in [0.29, 0.717) is 12.5 Å². The molecule has 0 aromatic heterocycles. The normalized spacial score (nSPS) is 20.5. The van der Waals surface area contributed by atoms with E-state index < -0.39 is 0 Å². The number of hydrogen-bond donors (Lipinski definition) is 1. The van der Waals surface area contributed by atoms with Crippen LogP contribution in [0.4, 0.5) is 10.1 Å². The standard InChI is InChI=1S/C15H23FN2S/c1-3-11(17)9-13-14(16)5-4-6-15(13)18(2)12-7-8-19-10-12/h4-6,11-12H,3,7-10,17H2,1-2H3. The molecule has 0 radical (unpaired) electrons. The van der Waals surface area contributed by atoms with Crippen molar-refractivity contribution in [1.82, 2.24) is 0 Å². The van der Waals surface area contributed by atoms with E-state index in [1.165, 1.54) is 12.2 Å². The Morgan fingerprint density at radius 3 is 2.95 bits per heavy atom. The van der Waals surface area contributed by atoms with Crippen LogP contribution in [0.1, 0.15) is 25.3 Å². The average Bonchev–Trinajstić information content (AvgIpc) is 2.94. The monoisotopic (exact) mass is 282 g/mol. The second-order valence-corrected chi connectivity index (χ2v) is 6.39. The highest BCUT2D eigenvalue weighted by atomic mass is 32.2. The molecule has 2 nitrogen and oxygen atoms in total. The summed E-state index contributed by atoms with van der Waals surface area (Å²) in [6.45, 7) is 2.04. The van der Waals surface area contributed by atoms with Gasteiger partial charge in [0.05, 0.1) is 0 Å². The third-order valence-electron chi connectivity index (χ3n) is 3.92. The molecule has 1 fully saturated rings. The van der Waals surface area contributed by atoms with Crippen molar-refractivity contribution in [3.8, 4) is 0 Å². The van der Waals surface area contributed by atoms with Gasteiger partial charge in [0.25, 0.3) is 0 Å². The predicted molar refractivity (Wildman–Crippen MR) is 82.5 cm³/mol. The van der Waals surface area contributed by atoms with Crippen LogP contribution in [-0.4, -0.2) is 30.6 Å². The fraction of sp³-hybridized carbons (Fsp3) is 0.600. The molecule has 2 N–H and O–H groups in total. The molecule has 1 aliphatic heterocycles. The number of benzene rings is 1. The van der Waals surface area contributed by atoms with Gasteiger partial charge in [-0.1, -0.05) is 13.0 Å². The maximum absolute atomic E-state index is 14.1. The number of rotatable bonds is 5. The number of thioether (sulfide) groups is 1. The Bertz CT molecular complexity index is 419. The van der Waals surface area contributed by atoms with Gasteiger partial charge in [0.1, 0.15) is 5.82 Å². The molecule has 0 saturated carbocycles. The summed E-state index contributed by atoms with van der Waals surface area (Å²) in [4.78, 5) is 2.24. The van der Waals surface area contributed by atoms with E-state index in [2.05, 4.69) is 11.9 Å². The van der Waals surface area contributed by atoms with Crippen LogP contribution in [0, 0.1) is 5.82 Å². The highest BCUT2D eigenvalue weighted by molar-refractivity contribution is 7.99. The van der Waals surface area contributed by atoms with E-state index in [0.717, 1.165) is 23.4 Å². The van der Waals surface area contributed by atoms with Crippen LogP contribution >= 0.6 is 11.8 Å². The fourth-order valence-electron chi connectivity index (χ4n) is 2.51. The first-order chi connectivity index (χ1) is 9.13. The molecule has 1 aromatic rings. The zero-order chi connectivity index (χ0) is 13.8. The molecule has 1 saturated heterocycles. The summed E-state index contributed by atoms with van der Waals surface area (Å²) in [6.07, 6.45) is 2.66. The Morgan fingerprint density at radius 2 is 2.32 bits per heavy atom. The number of nitrogens with two attached hydrogens (primary N) is 1. The Labute approximate surface area is 119 Å². The van der Waals surface area contributed by atoms with E-state index in [-0.39, 0.29) is 11.9 Å². The number of halogens is 1. The van der Waals surface area contributed by atoms with Crippen LogP contribution in [-0.2, 0) is 6.42 Å². The Hall–Kier alpha value is -0.740. The van der Waals surface area contributed by atoms with Gasteiger partial charge in [-0.05, 0) is 37.1 Å². The SMILES string of the molecule is CCC(N)Cc1c(F)cccc1N(C)C1CCSC1. The predicted octanol–water partition coefficient (Wildman–Crippen LogP) is 3.05. The van der Waals surface area contributed by atoms with Gasteiger partial charge in [-0.15, -0.1) is 0 Å². The molecule has 1 aromatic carbocycles. The van der Waals surface area contributed by atoms with E-state index in [1.54, 1.807) is 12.1 Å². The van der Waals surface area contributed by atoms with Gasteiger partial charge in [-0.25, -0.2) is 4.39 Å². The molecule has 4 heteroatoms. The van der Waals surface area contributed by atoms with Crippen LogP contribution in [0.5, 0.6) is 0 Å². The van der Waals surface area contributed by atoms with Crippen LogP contribution < -0.4 is 10.6 Å². The molecule has 2 atom stereocenters. The molecule has 19 heavy (non-hydrogen) atoms. The Kier molecular flexibility index (Phi) is 5.11. The van der Waals surface area contributed by atoms with E-state index in [1.807, 2.05) is 24.8 Å². The molecule has 0 bridgehead atoms. The van der Waals surface area contributed by atoms with Crippen LogP contribution in [0.2, 0.25) is 0 Å². The highest BCUT2D eigenvalue weighted by Crippen LogP contribution is 2.30. The summed E-state index contributed by atoms with van der Waals surface area (Å²) >= 11 is 1.97. The van der Waals surface area contributed by atoms with Crippen LogP contribution in [0.25, 0.3) is 0 Å². The second kappa shape index (κ2) is 6.62. The number of hydrogen-bond acceptors (Lipinski definition) is 3. The molecule has 0 spiro atoms. The molecule has 0 amide bonds. The van der Waals surface area contributed by atoms with Gasteiger partial charge in [0.2, 0.25) is 0 Å². The smallest absolute Gasteiger partial charge is 0.128 e. The average molecular weight is 282 g/mol. The largest absolute Gasteiger partial charge is 0.370 e. The van der Waals surface area contributed by atoms with E-state index in [9.17, 15) is 4.39 Å². The van der Waals surface area contributed by atoms with Gasteiger partial charge >= 0.3 is 0 Å². The van der Waals surface area contributed by atoms with Gasteiger partial charge in [-0.2, -0.15) is 11.8 Å². The molecule has 1 heterocycles. The minimum Gasteiger partial charge on any atom is -0.370 e. The summed E-state index contributed by atoms with van der Waals surface area (Å²) in [5, 5.41) is 0. The lowest BCUT2D eigenvalue weighted by atomic mass is 10.0. The minimum atomic E-state index is -0.126. The maximum Gasteiger partial charge on any atom is 0.128 e. The van der Waals surface area contributed by atoms with Gasteiger partial charge in [-0.3, -0.25) is 0 Å². The van der Waals surface area contributed by atoms with Crippen molar-refractivity contribution in [1.29, 1.82) is 0 Å². The summed E-state index contributed by atoms with van der Waals surface area (Å²) in [5.41, 5.74) is 7.79. The first-order valence-electron chi connectivity index (χ1n) is 6.97. The fourth-order valence-corrected chi connectivity index (χ4v) is 3.78. The second-order valence-electron chi connectivity index (χ2n) is 5.24. The van der Waals surface area contributed by atoms with Crippen molar-refractivity contribution in [3.63, 3.8) is 0 Å².